The fourth-order valence-electron chi connectivity index (χ4n) is 2.08. The number of nitrogens with one attached hydrogen (secondary N) is 1. The molecule has 2 aliphatic rings. The van der Waals surface area contributed by atoms with Gasteiger partial charge in [-0.15, -0.1) is 0 Å². The molecule has 0 aromatic rings. The second-order valence-corrected chi connectivity index (χ2v) is 3.57. The SMILES string of the molecule is OCCC1CC2C=CC=CC2N1. The zero-order valence-corrected chi connectivity index (χ0v) is 7.11. The van der Waals surface area contributed by atoms with Gasteiger partial charge in [0.15, 0.2) is 0 Å². The quantitative estimate of drug-likeness (QED) is 0.635. The van der Waals surface area contributed by atoms with Crippen molar-refractivity contribution in [1.82, 2.24) is 5.32 Å². The minimum Gasteiger partial charge on any atom is -0.396 e. The first-order valence-electron chi connectivity index (χ1n) is 4.62. The highest BCUT2D eigenvalue weighted by Crippen LogP contribution is 2.26. The van der Waals surface area contributed by atoms with E-state index in [2.05, 4.69) is 29.6 Å². The lowest BCUT2D eigenvalue weighted by Crippen LogP contribution is -2.30. The van der Waals surface area contributed by atoms with Crippen LogP contribution in [0.15, 0.2) is 24.3 Å². The topological polar surface area (TPSA) is 32.3 Å². The van der Waals surface area contributed by atoms with E-state index in [0.29, 0.717) is 24.6 Å². The number of allylic oxidation sites excluding steroid dienone is 2. The molecule has 66 valence electrons. The first-order chi connectivity index (χ1) is 5.90. The summed E-state index contributed by atoms with van der Waals surface area (Å²) in [5.41, 5.74) is 0. The maximum absolute atomic E-state index is 8.78. The van der Waals surface area contributed by atoms with Crippen molar-refractivity contribution in [2.45, 2.75) is 24.9 Å². The average molecular weight is 165 g/mol. The van der Waals surface area contributed by atoms with Gasteiger partial charge in [0.05, 0.1) is 0 Å². The summed E-state index contributed by atoms with van der Waals surface area (Å²) < 4.78 is 0. The molecule has 2 N–H and O–H groups in total. The fourth-order valence-corrected chi connectivity index (χ4v) is 2.08. The lowest BCUT2D eigenvalue weighted by atomic mass is 9.95. The van der Waals surface area contributed by atoms with Gasteiger partial charge in [-0.05, 0) is 18.8 Å². The maximum Gasteiger partial charge on any atom is 0.0445 e. The Hall–Kier alpha value is -0.600. The van der Waals surface area contributed by atoms with Crippen LogP contribution in [0.25, 0.3) is 0 Å². The fraction of sp³-hybridized carbons (Fsp3) is 0.600. The van der Waals surface area contributed by atoms with Crippen molar-refractivity contribution in [2.75, 3.05) is 6.61 Å². The summed E-state index contributed by atoms with van der Waals surface area (Å²) in [6.07, 6.45) is 10.7. The summed E-state index contributed by atoms with van der Waals surface area (Å²) >= 11 is 0. The van der Waals surface area contributed by atoms with Gasteiger partial charge in [-0.3, -0.25) is 0 Å². The molecule has 0 saturated carbocycles. The van der Waals surface area contributed by atoms with Gasteiger partial charge < -0.3 is 10.4 Å². The van der Waals surface area contributed by atoms with Crippen LogP contribution in [0.1, 0.15) is 12.8 Å². The van der Waals surface area contributed by atoms with E-state index in [4.69, 9.17) is 5.11 Å². The molecular weight excluding hydrogens is 150 g/mol. The summed E-state index contributed by atoms with van der Waals surface area (Å²) in [4.78, 5) is 0. The molecule has 2 rings (SSSR count). The van der Waals surface area contributed by atoms with Crippen LogP contribution in [0, 0.1) is 5.92 Å². The second kappa shape index (κ2) is 3.42. The molecule has 1 saturated heterocycles. The first-order valence-corrected chi connectivity index (χ1v) is 4.62. The molecule has 1 aliphatic carbocycles. The highest BCUT2D eigenvalue weighted by molar-refractivity contribution is 5.20. The van der Waals surface area contributed by atoms with Crippen molar-refractivity contribution in [3.8, 4) is 0 Å². The van der Waals surface area contributed by atoms with Crippen molar-refractivity contribution in [3.05, 3.63) is 24.3 Å². The molecule has 0 aromatic carbocycles. The number of hydrogen-bond donors (Lipinski definition) is 2. The molecule has 0 aromatic heterocycles. The Bertz CT molecular complexity index is 190. The summed E-state index contributed by atoms with van der Waals surface area (Å²) in [6, 6.07) is 1.03. The molecule has 12 heavy (non-hydrogen) atoms. The van der Waals surface area contributed by atoms with Gasteiger partial charge in [-0.25, -0.2) is 0 Å². The Morgan fingerprint density at radius 2 is 2.17 bits per heavy atom. The van der Waals surface area contributed by atoms with E-state index in [1.54, 1.807) is 0 Å². The van der Waals surface area contributed by atoms with Gasteiger partial charge in [-0.2, -0.15) is 0 Å². The van der Waals surface area contributed by atoms with Crippen LogP contribution >= 0.6 is 0 Å². The van der Waals surface area contributed by atoms with Crippen molar-refractivity contribution in [2.24, 2.45) is 5.92 Å². The molecule has 0 amide bonds. The van der Waals surface area contributed by atoms with E-state index in [1.807, 2.05) is 0 Å². The lowest BCUT2D eigenvalue weighted by molar-refractivity contribution is 0.269. The standard InChI is InChI=1S/C10H15NO/c12-6-5-9-7-8-3-1-2-4-10(8)11-9/h1-4,8-12H,5-7H2. The third-order valence-electron chi connectivity index (χ3n) is 2.71. The van der Waals surface area contributed by atoms with Crippen LogP contribution in [0.2, 0.25) is 0 Å². The minimum absolute atomic E-state index is 0.296. The van der Waals surface area contributed by atoms with E-state index < -0.39 is 0 Å². The Balaban J connectivity index is 1.96. The molecule has 0 spiro atoms. The molecule has 1 fully saturated rings. The molecule has 3 unspecified atom stereocenters. The second-order valence-electron chi connectivity index (χ2n) is 3.57. The number of fused-ring (bicyclic) bond motifs is 1. The number of hydrogen-bond acceptors (Lipinski definition) is 2. The van der Waals surface area contributed by atoms with Crippen molar-refractivity contribution in [3.63, 3.8) is 0 Å². The minimum atomic E-state index is 0.296. The van der Waals surface area contributed by atoms with E-state index in [0.717, 1.165) is 6.42 Å². The third kappa shape index (κ3) is 1.45. The van der Waals surface area contributed by atoms with Crippen molar-refractivity contribution < 1.29 is 5.11 Å². The molecule has 2 nitrogen and oxygen atoms in total. The number of aliphatic hydroxyl groups excluding tert-OH is 1. The van der Waals surface area contributed by atoms with E-state index >= 15 is 0 Å². The van der Waals surface area contributed by atoms with Gasteiger partial charge in [0, 0.05) is 18.7 Å². The molecular formula is C10H15NO. The molecule has 0 bridgehead atoms. The maximum atomic E-state index is 8.78. The normalized spacial score (nSPS) is 38.6. The Morgan fingerprint density at radius 1 is 1.33 bits per heavy atom. The van der Waals surface area contributed by atoms with Crippen LogP contribution in [0.3, 0.4) is 0 Å². The molecule has 1 heterocycles. The van der Waals surface area contributed by atoms with E-state index in [-0.39, 0.29) is 0 Å². The first kappa shape index (κ1) is 8.02. The smallest absolute Gasteiger partial charge is 0.0445 e. The predicted octanol–water partition coefficient (Wildman–Crippen LogP) is 0.841. The summed E-state index contributed by atoms with van der Waals surface area (Å²) in [5, 5.41) is 12.3. The number of rotatable bonds is 2. The lowest BCUT2D eigenvalue weighted by Gasteiger charge is -2.14. The van der Waals surface area contributed by atoms with Crippen LogP contribution in [0.5, 0.6) is 0 Å². The zero-order chi connectivity index (χ0) is 8.39. The highest BCUT2D eigenvalue weighted by atomic mass is 16.3. The van der Waals surface area contributed by atoms with E-state index in [9.17, 15) is 0 Å². The third-order valence-corrected chi connectivity index (χ3v) is 2.71. The Kier molecular flexibility index (Phi) is 2.28. The number of aliphatic hydroxyl groups is 1. The summed E-state index contributed by atoms with van der Waals surface area (Å²) in [7, 11) is 0. The van der Waals surface area contributed by atoms with Gasteiger partial charge in [-0.1, -0.05) is 24.3 Å². The van der Waals surface area contributed by atoms with Gasteiger partial charge in [0.1, 0.15) is 0 Å². The van der Waals surface area contributed by atoms with E-state index in [1.165, 1.54) is 6.42 Å². The molecule has 3 atom stereocenters. The van der Waals surface area contributed by atoms with Crippen molar-refractivity contribution >= 4 is 0 Å². The zero-order valence-electron chi connectivity index (χ0n) is 7.11. The molecule has 1 aliphatic heterocycles. The monoisotopic (exact) mass is 165 g/mol. The van der Waals surface area contributed by atoms with Crippen LogP contribution in [0.4, 0.5) is 0 Å². The molecule has 0 radical (unpaired) electrons. The highest BCUT2D eigenvalue weighted by Gasteiger charge is 2.30. The molecule has 2 heteroatoms. The van der Waals surface area contributed by atoms with Crippen molar-refractivity contribution in [1.29, 1.82) is 0 Å². The van der Waals surface area contributed by atoms with Crippen LogP contribution < -0.4 is 5.32 Å². The summed E-state index contributed by atoms with van der Waals surface area (Å²) in [6.45, 7) is 0.296. The van der Waals surface area contributed by atoms with Gasteiger partial charge >= 0.3 is 0 Å². The Labute approximate surface area is 73.0 Å². The average Bonchev–Trinajstić information content (AvgIpc) is 2.47. The summed E-state index contributed by atoms with van der Waals surface area (Å²) in [5.74, 6) is 0.659. The largest absolute Gasteiger partial charge is 0.396 e. The van der Waals surface area contributed by atoms with Crippen LogP contribution in [-0.4, -0.2) is 23.8 Å². The predicted molar refractivity (Wildman–Crippen MR) is 48.8 cm³/mol. The van der Waals surface area contributed by atoms with Gasteiger partial charge in [0.25, 0.3) is 0 Å². The van der Waals surface area contributed by atoms with Crippen LogP contribution in [-0.2, 0) is 0 Å². The Morgan fingerprint density at radius 3 is 2.92 bits per heavy atom. The van der Waals surface area contributed by atoms with Gasteiger partial charge in [0.2, 0.25) is 0 Å².